The lowest BCUT2D eigenvalue weighted by atomic mass is 9.90. The van der Waals surface area contributed by atoms with Gasteiger partial charge in [-0.25, -0.2) is 0 Å². The maximum atomic E-state index is 13.3. The predicted molar refractivity (Wildman–Crippen MR) is 62.3 cm³/mol. The van der Waals surface area contributed by atoms with E-state index in [1.165, 1.54) is 0 Å². The van der Waals surface area contributed by atoms with Crippen LogP contribution in [0.15, 0.2) is 0 Å². The highest BCUT2D eigenvalue weighted by molar-refractivity contribution is 6.31. The third kappa shape index (κ3) is 4.44. The second-order valence-corrected chi connectivity index (χ2v) is 6.54. The molecule has 0 saturated carbocycles. The molecule has 0 bridgehead atoms. The maximum Gasteiger partial charge on any atom is 0.460 e. The Morgan fingerprint density at radius 2 is 0.606 bits per heavy atom. The molecule has 0 saturated heterocycles. The van der Waals surface area contributed by atoms with Crippen molar-refractivity contribution >= 4 is 23.2 Å². The van der Waals surface area contributed by atoms with Gasteiger partial charge in [-0.3, -0.25) is 4.74 Å². The van der Waals surface area contributed by atoms with Crippen molar-refractivity contribution in [3.05, 3.63) is 0 Å². The third-order valence-electron chi connectivity index (χ3n) is 3.28. The highest BCUT2D eigenvalue weighted by Gasteiger charge is 2.96. The minimum absolute atomic E-state index is 1.62. The fourth-order valence-corrected chi connectivity index (χ4v) is 1.57. The van der Waals surface area contributed by atoms with E-state index in [-0.39, 0.29) is 0 Å². The topological polar surface area (TPSA) is 9.23 Å². The van der Waals surface area contributed by atoms with Gasteiger partial charge in [0.25, 0.3) is 0 Å². The van der Waals surface area contributed by atoms with E-state index >= 15 is 0 Å². The fourth-order valence-electron chi connectivity index (χ4n) is 1.43. The Labute approximate surface area is 175 Å². The van der Waals surface area contributed by atoms with E-state index in [4.69, 9.17) is 0 Å². The van der Waals surface area contributed by atoms with E-state index in [1.807, 2.05) is 0 Å². The first-order valence-corrected chi connectivity index (χ1v) is 7.32. The van der Waals surface area contributed by atoms with Crippen LogP contribution in [-0.4, -0.2) is 58.5 Å². The second kappa shape index (κ2) is 7.82. The van der Waals surface area contributed by atoms with Gasteiger partial charge < -0.3 is 0 Å². The number of ether oxygens (including phenoxy) is 1. The third-order valence-corrected chi connectivity index (χ3v) is 3.93. The number of hydrogen-bond donors (Lipinski definition) is 0. The van der Waals surface area contributed by atoms with Gasteiger partial charge in [0.2, 0.25) is 0 Å². The number of hydrogen-bond acceptors (Lipinski definition) is 1. The molecule has 0 aromatic carbocycles. The molecule has 0 fully saturated rings. The van der Waals surface area contributed by atoms with Gasteiger partial charge in [0.1, 0.15) is 0 Å². The lowest BCUT2D eigenvalue weighted by molar-refractivity contribution is -0.488. The monoisotopic (exact) mass is 586 g/mol. The van der Waals surface area contributed by atoms with E-state index in [0.717, 1.165) is 0 Å². The summed E-state index contributed by atoms with van der Waals surface area (Å²) >= 11 is 7.35. The van der Waals surface area contributed by atoms with Crippen molar-refractivity contribution in [1.29, 1.82) is 0 Å². The average Bonchev–Trinajstić information content (AvgIpc) is 2.50. The minimum atomic E-state index is -9.00. The van der Waals surface area contributed by atoms with Crippen LogP contribution in [0, 0.1) is 0 Å². The minimum Gasteiger partial charge on any atom is -0.258 e. The molecule has 0 aromatic heterocycles. The molecule has 0 aliphatic heterocycles. The van der Waals surface area contributed by atoms with E-state index in [0.29, 0.717) is 0 Å². The number of alkyl halides is 22. The Hall–Kier alpha value is -0.860. The molecule has 0 rings (SSSR count). The zero-order valence-electron chi connectivity index (χ0n) is 13.7. The molecule has 0 aliphatic rings. The van der Waals surface area contributed by atoms with Crippen LogP contribution in [0.1, 0.15) is 0 Å². The molecule has 200 valence electrons. The van der Waals surface area contributed by atoms with E-state index in [9.17, 15) is 87.8 Å². The summed E-state index contributed by atoms with van der Waals surface area (Å²) in [5.41, 5.74) is 0. The molecule has 33 heavy (non-hydrogen) atoms. The number of halogens is 22. The van der Waals surface area contributed by atoms with Crippen LogP contribution in [0.4, 0.5) is 87.8 Å². The summed E-state index contributed by atoms with van der Waals surface area (Å²) in [5, 5.41) is -12.4. The largest absolute Gasteiger partial charge is 0.460 e. The summed E-state index contributed by atoms with van der Waals surface area (Å²) in [4.78, 5) is 0. The van der Waals surface area contributed by atoms with Crippen molar-refractivity contribution in [2.45, 2.75) is 58.5 Å². The highest BCUT2D eigenvalue weighted by Crippen LogP contribution is 2.64. The Morgan fingerprint density at radius 3 is 0.848 bits per heavy atom. The molecule has 1 atom stereocenters. The molecule has 0 heterocycles. The smallest absolute Gasteiger partial charge is 0.258 e. The molecule has 0 spiro atoms. The molecule has 1 unspecified atom stereocenters. The van der Waals surface area contributed by atoms with Crippen molar-refractivity contribution in [2.24, 2.45) is 0 Å². The summed E-state index contributed by atoms with van der Waals surface area (Å²) in [6, 6.07) is 0. The van der Waals surface area contributed by atoms with Gasteiger partial charge in [-0.15, -0.1) is 0 Å². The first kappa shape index (κ1) is 32.1. The average molecular weight is 587 g/mol. The summed E-state index contributed by atoms with van der Waals surface area (Å²) in [6.07, 6.45) is -15.9. The molecule has 0 aromatic rings. The lowest BCUT2D eigenvalue weighted by Crippen LogP contribution is -2.75. The van der Waals surface area contributed by atoms with Gasteiger partial charge >= 0.3 is 58.5 Å². The van der Waals surface area contributed by atoms with Gasteiger partial charge in [-0.05, 0) is 23.2 Å². The van der Waals surface area contributed by atoms with Crippen LogP contribution in [0.25, 0.3) is 0 Å². The van der Waals surface area contributed by atoms with Crippen molar-refractivity contribution in [1.82, 2.24) is 0 Å². The normalized spacial score (nSPS) is 18.4. The molecular weight excluding hydrogens is 587 g/mol. The lowest BCUT2D eigenvalue weighted by Gasteiger charge is -2.43. The van der Waals surface area contributed by atoms with Crippen molar-refractivity contribution in [3.8, 4) is 0 Å². The second-order valence-electron chi connectivity index (χ2n) is 5.58. The van der Waals surface area contributed by atoms with Crippen LogP contribution >= 0.6 is 23.2 Å². The van der Waals surface area contributed by atoms with Crippen LogP contribution in [0.5, 0.6) is 0 Å². The molecule has 23 heteroatoms. The Morgan fingerprint density at radius 1 is 0.364 bits per heavy atom. The molecule has 1 nitrogen and oxygen atoms in total. The SMILES string of the molecule is FC(F)(F)C(F)(F)C(F)(F)C(F)(F)C(F)(F)C(F)(F)C(F)(F)C(F)(F)OC(F)(Cl)C(F)(F)Cl. The summed E-state index contributed by atoms with van der Waals surface area (Å²) in [5.74, 6) is -52.5. The van der Waals surface area contributed by atoms with Gasteiger partial charge in [0.15, 0.2) is 0 Å². The molecular formula is C10Cl2F20O. The fraction of sp³-hybridized carbons (Fsp3) is 1.00. The summed E-state index contributed by atoms with van der Waals surface area (Å²) in [7, 11) is 0. The quantitative estimate of drug-likeness (QED) is 0.199. The number of rotatable bonds is 9. The van der Waals surface area contributed by atoms with Gasteiger partial charge in [-0.2, -0.15) is 87.8 Å². The summed E-state index contributed by atoms with van der Waals surface area (Å²) < 4.78 is 258. The van der Waals surface area contributed by atoms with Crippen LogP contribution < -0.4 is 0 Å². The Balaban J connectivity index is 6.77. The van der Waals surface area contributed by atoms with E-state index < -0.39 is 58.5 Å². The van der Waals surface area contributed by atoms with Crippen molar-refractivity contribution in [3.63, 3.8) is 0 Å². The van der Waals surface area contributed by atoms with Crippen molar-refractivity contribution < 1.29 is 92.5 Å². The first-order valence-electron chi connectivity index (χ1n) is 6.57. The van der Waals surface area contributed by atoms with Crippen LogP contribution in [0.2, 0.25) is 0 Å². The van der Waals surface area contributed by atoms with Crippen LogP contribution in [-0.2, 0) is 4.74 Å². The Kier molecular flexibility index (Phi) is 7.62. The molecule has 0 radical (unpaired) electrons. The maximum absolute atomic E-state index is 13.3. The standard InChI is InChI=1S/C10Cl2F20O/c11-7(25,26)8(12,27)33-10(31,32)6(23,24)4(19,20)2(15,16)1(13,14)3(17,18)5(21,22)9(28,29)30. The van der Waals surface area contributed by atoms with Crippen LogP contribution in [0.3, 0.4) is 0 Å². The predicted octanol–water partition coefficient (Wildman–Crippen LogP) is 7.66. The van der Waals surface area contributed by atoms with E-state index in [1.54, 1.807) is 4.74 Å². The van der Waals surface area contributed by atoms with Gasteiger partial charge in [0.05, 0.1) is 0 Å². The van der Waals surface area contributed by atoms with E-state index in [2.05, 4.69) is 23.2 Å². The molecule has 0 N–H and O–H groups in total. The van der Waals surface area contributed by atoms with Crippen molar-refractivity contribution in [2.75, 3.05) is 0 Å². The van der Waals surface area contributed by atoms with Gasteiger partial charge in [-0.1, -0.05) is 0 Å². The highest BCUT2D eigenvalue weighted by atomic mass is 35.5. The molecule has 0 aliphatic carbocycles. The zero-order chi connectivity index (χ0) is 27.7. The molecule has 0 amide bonds. The van der Waals surface area contributed by atoms with Gasteiger partial charge in [0, 0.05) is 0 Å². The summed E-state index contributed by atoms with van der Waals surface area (Å²) in [6.45, 7) is 0. The first-order chi connectivity index (χ1) is 13.7. The Bertz CT molecular complexity index is 717. The zero-order valence-corrected chi connectivity index (χ0v) is 15.2.